The van der Waals surface area contributed by atoms with E-state index in [9.17, 15) is 9.59 Å². The molecule has 5 heteroatoms. The molecule has 5 nitrogen and oxygen atoms in total. The lowest BCUT2D eigenvalue weighted by Crippen LogP contribution is -2.24. The Morgan fingerprint density at radius 2 is 1.62 bits per heavy atom. The molecule has 16 heavy (non-hydrogen) atoms. The monoisotopic (exact) mass is 221 g/mol. The molecule has 1 aliphatic rings. The molecule has 84 valence electrons. The number of ether oxygens (including phenoxy) is 2. The molecule has 0 radical (unpaired) electrons. The van der Waals surface area contributed by atoms with Gasteiger partial charge in [0.25, 0.3) is 11.7 Å². The number of anilines is 1. The van der Waals surface area contributed by atoms with Gasteiger partial charge in [-0.25, -0.2) is 0 Å². The molecule has 2 rings (SSSR count). The minimum atomic E-state index is -0.537. The third-order valence-corrected chi connectivity index (χ3v) is 2.61. The molecule has 0 unspecified atom stereocenters. The second-order valence-corrected chi connectivity index (χ2v) is 3.42. The summed E-state index contributed by atoms with van der Waals surface area (Å²) in [6, 6.07) is 3.15. The van der Waals surface area contributed by atoms with E-state index >= 15 is 0 Å². The van der Waals surface area contributed by atoms with Crippen molar-refractivity contribution >= 4 is 17.4 Å². The van der Waals surface area contributed by atoms with Gasteiger partial charge < -0.3 is 14.4 Å². The van der Waals surface area contributed by atoms with Gasteiger partial charge in [-0.2, -0.15) is 0 Å². The van der Waals surface area contributed by atoms with Gasteiger partial charge in [-0.3, -0.25) is 9.59 Å². The molecule has 1 aromatic rings. The van der Waals surface area contributed by atoms with Gasteiger partial charge in [-0.15, -0.1) is 0 Å². The molecular formula is C11H11NO4. The number of benzene rings is 1. The number of amides is 1. The Hall–Kier alpha value is -2.04. The number of rotatable bonds is 2. The number of methoxy groups -OCH3 is 2. The maximum atomic E-state index is 11.6. The Balaban J connectivity index is 2.64. The van der Waals surface area contributed by atoms with Gasteiger partial charge in [-0.1, -0.05) is 0 Å². The van der Waals surface area contributed by atoms with Crippen LogP contribution in [0.4, 0.5) is 5.69 Å². The van der Waals surface area contributed by atoms with E-state index in [2.05, 4.69) is 0 Å². The maximum Gasteiger partial charge on any atom is 0.299 e. The van der Waals surface area contributed by atoms with Crippen molar-refractivity contribution in [3.05, 3.63) is 17.7 Å². The standard InChI is InChI=1S/C11H11NO4/c1-12-7-5-9(16-3)8(15-2)4-6(7)10(13)11(12)14/h4-5H,1-3H3. The fourth-order valence-corrected chi connectivity index (χ4v) is 1.70. The zero-order valence-corrected chi connectivity index (χ0v) is 9.23. The second-order valence-electron chi connectivity index (χ2n) is 3.42. The van der Waals surface area contributed by atoms with E-state index < -0.39 is 11.7 Å². The third-order valence-electron chi connectivity index (χ3n) is 2.61. The summed E-state index contributed by atoms with van der Waals surface area (Å²) in [5, 5.41) is 0. The molecule has 0 spiro atoms. The predicted molar refractivity (Wildman–Crippen MR) is 57.3 cm³/mol. The average molecular weight is 221 g/mol. The SMILES string of the molecule is COc1cc2c(cc1OC)N(C)C(=O)C2=O. The van der Waals surface area contributed by atoms with Crippen molar-refractivity contribution in [3.8, 4) is 11.5 Å². The van der Waals surface area contributed by atoms with Gasteiger partial charge in [0.05, 0.1) is 25.5 Å². The van der Waals surface area contributed by atoms with Crippen molar-refractivity contribution in [2.75, 3.05) is 26.2 Å². The summed E-state index contributed by atoms with van der Waals surface area (Å²) in [5.74, 6) is -0.114. The van der Waals surface area contributed by atoms with E-state index in [1.807, 2.05) is 0 Å². The van der Waals surface area contributed by atoms with E-state index in [0.717, 1.165) is 0 Å². The van der Waals surface area contributed by atoms with Crippen molar-refractivity contribution in [2.24, 2.45) is 0 Å². The van der Waals surface area contributed by atoms with E-state index in [4.69, 9.17) is 9.47 Å². The first-order valence-electron chi connectivity index (χ1n) is 4.68. The molecule has 0 bridgehead atoms. The summed E-state index contributed by atoms with van der Waals surface area (Å²) in [7, 11) is 4.54. The number of likely N-dealkylation sites (N-methyl/N-ethyl adjacent to an activating group) is 1. The number of hydrogen-bond donors (Lipinski definition) is 0. The molecule has 0 fully saturated rings. The van der Waals surface area contributed by atoms with Crippen LogP contribution in [0.25, 0.3) is 0 Å². The highest BCUT2D eigenvalue weighted by Crippen LogP contribution is 2.38. The lowest BCUT2D eigenvalue weighted by Gasteiger charge is -2.12. The van der Waals surface area contributed by atoms with Crippen LogP contribution in [0, 0.1) is 0 Å². The Bertz CT molecular complexity index is 481. The van der Waals surface area contributed by atoms with Crippen molar-refractivity contribution in [2.45, 2.75) is 0 Å². The number of ketones is 1. The molecule has 0 aliphatic carbocycles. The molecule has 1 heterocycles. The lowest BCUT2D eigenvalue weighted by molar-refractivity contribution is -0.114. The normalized spacial score (nSPS) is 14.1. The smallest absolute Gasteiger partial charge is 0.299 e. The van der Waals surface area contributed by atoms with Crippen LogP contribution in [0.1, 0.15) is 10.4 Å². The zero-order chi connectivity index (χ0) is 11.9. The minimum Gasteiger partial charge on any atom is -0.493 e. The Morgan fingerprint density at radius 3 is 2.19 bits per heavy atom. The van der Waals surface area contributed by atoms with Gasteiger partial charge >= 0.3 is 0 Å². The Morgan fingerprint density at radius 1 is 1.06 bits per heavy atom. The predicted octanol–water partition coefficient (Wildman–Crippen LogP) is 0.863. The molecule has 0 saturated heterocycles. The fourth-order valence-electron chi connectivity index (χ4n) is 1.70. The van der Waals surface area contributed by atoms with Gasteiger partial charge in [0.15, 0.2) is 11.5 Å². The van der Waals surface area contributed by atoms with E-state index in [0.29, 0.717) is 22.7 Å². The van der Waals surface area contributed by atoms with Crippen molar-refractivity contribution in [3.63, 3.8) is 0 Å². The quantitative estimate of drug-likeness (QED) is 0.695. The number of carbonyl (C=O) groups is 2. The Labute approximate surface area is 92.6 Å². The molecular weight excluding hydrogens is 210 g/mol. The highest BCUT2D eigenvalue weighted by Gasteiger charge is 2.34. The highest BCUT2D eigenvalue weighted by atomic mass is 16.5. The number of carbonyl (C=O) groups excluding carboxylic acids is 2. The summed E-state index contributed by atoms with van der Waals surface area (Å²) >= 11 is 0. The summed E-state index contributed by atoms with van der Waals surface area (Å²) in [4.78, 5) is 24.3. The van der Waals surface area contributed by atoms with Gasteiger partial charge in [0.1, 0.15) is 0 Å². The van der Waals surface area contributed by atoms with Crippen LogP contribution in [0.15, 0.2) is 12.1 Å². The van der Waals surface area contributed by atoms with Crippen LogP contribution in [-0.2, 0) is 4.79 Å². The molecule has 0 saturated carbocycles. The van der Waals surface area contributed by atoms with Crippen molar-refractivity contribution < 1.29 is 19.1 Å². The summed E-state index contributed by atoms with van der Waals surface area (Å²) in [6.45, 7) is 0. The van der Waals surface area contributed by atoms with Crippen LogP contribution < -0.4 is 14.4 Å². The summed E-state index contributed by atoms with van der Waals surface area (Å²) in [5.41, 5.74) is 0.901. The van der Waals surface area contributed by atoms with Crippen LogP contribution in [-0.4, -0.2) is 33.0 Å². The summed E-state index contributed by atoms with van der Waals surface area (Å²) < 4.78 is 10.2. The summed E-state index contributed by atoms with van der Waals surface area (Å²) in [6.07, 6.45) is 0. The van der Waals surface area contributed by atoms with Gasteiger partial charge in [0, 0.05) is 13.1 Å². The first-order chi connectivity index (χ1) is 7.60. The topological polar surface area (TPSA) is 55.8 Å². The van der Waals surface area contributed by atoms with Gasteiger partial charge in [-0.05, 0) is 6.07 Å². The molecule has 1 aliphatic heterocycles. The minimum absolute atomic E-state index is 0.352. The van der Waals surface area contributed by atoms with Crippen molar-refractivity contribution in [1.82, 2.24) is 0 Å². The van der Waals surface area contributed by atoms with E-state index in [1.54, 1.807) is 13.1 Å². The fraction of sp³-hybridized carbons (Fsp3) is 0.273. The largest absolute Gasteiger partial charge is 0.493 e. The first-order valence-corrected chi connectivity index (χ1v) is 4.68. The van der Waals surface area contributed by atoms with Crippen LogP contribution >= 0.6 is 0 Å². The van der Waals surface area contributed by atoms with Crippen molar-refractivity contribution in [1.29, 1.82) is 0 Å². The Kier molecular flexibility index (Phi) is 2.30. The number of nitrogens with zero attached hydrogens (tertiary/aromatic N) is 1. The van der Waals surface area contributed by atoms with Gasteiger partial charge in [0.2, 0.25) is 0 Å². The first kappa shape index (κ1) is 10.5. The lowest BCUT2D eigenvalue weighted by atomic mass is 10.1. The van der Waals surface area contributed by atoms with E-state index in [-0.39, 0.29) is 0 Å². The zero-order valence-electron chi connectivity index (χ0n) is 9.23. The van der Waals surface area contributed by atoms with Crippen LogP contribution in [0.5, 0.6) is 11.5 Å². The van der Waals surface area contributed by atoms with E-state index in [1.165, 1.54) is 25.2 Å². The number of hydrogen-bond acceptors (Lipinski definition) is 4. The van der Waals surface area contributed by atoms with Crippen LogP contribution in [0.2, 0.25) is 0 Å². The highest BCUT2D eigenvalue weighted by molar-refractivity contribution is 6.52. The molecule has 0 atom stereocenters. The second kappa shape index (κ2) is 3.52. The molecule has 0 aromatic heterocycles. The third kappa shape index (κ3) is 1.25. The number of fused-ring (bicyclic) bond motifs is 1. The maximum absolute atomic E-state index is 11.6. The molecule has 0 N–H and O–H groups in total. The average Bonchev–Trinajstić information content (AvgIpc) is 2.52. The molecule has 1 aromatic carbocycles. The number of Topliss-reactive ketones (excluding diaryl/α,β-unsaturated/α-hetero) is 1. The van der Waals surface area contributed by atoms with Crippen LogP contribution in [0.3, 0.4) is 0 Å². The molecule has 1 amide bonds.